The molecule has 144 valence electrons. The molecule has 5 heteroatoms. The van der Waals surface area contributed by atoms with Crippen LogP contribution >= 0.6 is 11.6 Å². The third-order valence-electron chi connectivity index (χ3n) is 5.55. The predicted molar refractivity (Wildman–Crippen MR) is 112 cm³/mol. The number of hydrogen-bond acceptors (Lipinski definition) is 3. The van der Waals surface area contributed by atoms with Crippen molar-refractivity contribution in [1.82, 2.24) is 4.90 Å². The number of anilines is 1. The van der Waals surface area contributed by atoms with Crippen molar-refractivity contribution >= 4 is 34.7 Å². The molecule has 0 unspecified atom stereocenters. The van der Waals surface area contributed by atoms with E-state index < -0.39 is 0 Å². The van der Waals surface area contributed by atoms with E-state index in [2.05, 4.69) is 11.0 Å². The summed E-state index contributed by atoms with van der Waals surface area (Å²) in [5.41, 5.74) is 5.37. The fourth-order valence-electron chi connectivity index (χ4n) is 4.13. The van der Waals surface area contributed by atoms with Gasteiger partial charge < -0.3 is 4.90 Å². The number of hydrogen-bond donors (Lipinski definition) is 0. The topological polar surface area (TPSA) is 40.6 Å². The van der Waals surface area contributed by atoms with Gasteiger partial charge >= 0.3 is 0 Å². The fourth-order valence-corrected chi connectivity index (χ4v) is 4.30. The minimum atomic E-state index is -0.274. The van der Waals surface area contributed by atoms with Crippen LogP contribution in [-0.4, -0.2) is 29.8 Å². The molecule has 0 atom stereocenters. The third kappa shape index (κ3) is 3.02. The second kappa shape index (κ2) is 7.10. The zero-order chi connectivity index (χ0) is 20.0. The smallest absolute Gasteiger partial charge is 0.282 e. The number of amides is 2. The number of halogens is 1. The number of likely N-dealkylation sites (tertiary alicyclic amines) is 1. The molecule has 0 bridgehead atoms. The Morgan fingerprint density at radius 1 is 0.857 bits per heavy atom. The molecule has 0 aromatic heterocycles. The molecule has 0 radical (unpaired) electrons. The SMILES string of the molecule is Cc1ccc(C2=C(N3CCCC3)C(=O)N(c3cc(Cl)ccc3C)C2=O)c(C)c1. The van der Waals surface area contributed by atoms with Gasteiger partial charge in [0.05, 0.1) is 11.3 Å². The molecule has 1 fully saturated rings. The molecule has 1 saturated heterocycles. The largest absolute Gasteiger partial charge is 0.366 e. The van der Waals surface area contributed by atoms with Gasteiger partial charge in [0.15, 0.2) is 0 Å². The van der Waals surface area contributed by atoms with Gasteiger partial charge in [-0.2, -0.15) is 0 Å². The lowest BCUT2D eigenvalue weighted by Crippen LogP contribution is -2.35. The van der Waals surface area contributed by atoms with Crippen LogP contribution in [0.5, 0.6) is 0 Å². The summed E-state index contributed by atoms with van der Waals surface area (Å²) in [5.74, 6) is -0.531. The Morgan fingerprint density at radius 3 is 2.25 bits per heavy atom. The average Bonchev–Trinajstić information content (AvgIpc) is 3.24. The maximum Gasteiger partial charge on any atom is 0.282 e. The fraction of sp³-hybridized carbons (Fsp3) is 0.304. The van der Waals surface area contributed by atoms with E-state index >= 15 is 0 Å². The van der Waals surface area contributed by atoms with Gasteiger partial charge in [-0.05, 0) is 62.4 Å². The van der Waals surface area contributed by atoms with Gasteiger partial charge in [0.25, 0.3) is 11.8 Å². The minimum Gasteiger partial charge on any atom is -0.366 e. The van der Waals surface area contributed by atoms with E-state index in [1.165, 1.54) is 4.90 Å². The summed E-state index contributed by atoms with van der Waals surface area (Å²) in [4.78, 5) is 30.4. The number of imide groups is 1. The van der Waals surface area contributed by atoms with Crippen LogP contribution in [-0.2, 0) is 9.59 Å². The standard InChI is InChI=1S/C23H23ClN2O2/c1-14-6-9-18(16(3)12-14)20-21(25-10-4-5-11-25)23(28)26(22(20)27)19-13-17(24)8-7-15(19)2/h6-9,12-13H,4-5,10-11H2,1-3H3. The van der Waals surface area contributed by atoms with E-state index in [1.807, 2.05) is 39.0 Å². The Balaban J connectivity index is 1.90. The molecule has 0 saturated carbocycles. The highest BCUT2D eigenvalue weighted by Crippen LogP contribution is 2.38. The minimum absolute atomic E-state index is 0.257. The molecular weight excluding hydrogens is 372 g/mol. The molecule has 28 heavy (non-hydrogen) atoms. The summed E-state index contributed by atoms with van der Waals surface area (Å²) >= 11 is 6.18. The lowest BCUT2D eigenvalue weighted by Gasteiger charge is -2.21. The van der Waals surface area contributed by atoms with Gasteiger partial charge in [-0.3, -0.25) is 9.59 Å². The number of aryl methyl sites for hydroxylation is 3. The van der Waals surface area contributed by atoms with Gasteiger partial charge in [0.2, 0.25) is 0 Å². The first-order chi connectivity index (χ1) is 13.4. The van der Waals surface area contributed by atoms with Gasteiger partial charge in [-0.25, -0.2) is 4.90 Å². The van der Waals surface area contributed by atoms with Crippen molar-refractivity contribution < 1.29 is 9.59 Å². The van der Waals surface area contributed by atoms with Crippen LogP contribution in [0.4, 0.5) is 5.69 Å². The normalized spacial score (nSPS) is 17.3. The Bertz CT molecular complexity index is 1020. The summed E-state index contributed by atoms with van der Waals surface area (Å²) in [6.07, 6.45) is 2.06. The molecule has 4 rings (SSSR count). The van der Waals surface area contributed by atoms with Crippen molar-refractivity contribution in [3.05, 3.63) is 69.4 Å². The van der Waals surface area contributed by atoms with Crippen molar-refractivity contribution in [2.45, 2.75) is 33.6 Å². The Hall–Kier alpha value is -2.59. The average molecular weight is 395 g/mol. The van der Waals surface area contributed by atoms with E-state index in [1.54, 1.807) is 12.1 Å². The Kier molecular flexibility index (Phi) is 4.76. The number of rotatable bonds is 3. The van der Waals surface area contributed by atoms with Crippen LogP contribution < -0.4 is 4.90 Å². The monoisotopic (exact) mass is 394 g/mol. The number of nitrogens with zero attached hydrogens (tertiary/aromatic N) is 2. The van der Waals surface area contributed by atoms with E-state index in [0.717, 1.165) is 48.2 Å². The zero-order valence-corrected chi connectivity index (χ0v) is 17.1. The van der Waals surface area contributed by atoms with E-state index in [4.69, 9.17) is 11.6 Å². The van der Waals surface area contributed by atoms with Crippen LogP contribution in [0.3, 0.4) is 0 Å². The van der Waals surface area contributed by atoms with Gasteiger partial charge in [-0.15, -0.1) is 0 Å². The molecular formula is C23H23ClN2O2. The van der Waals surface area contributed by atoms with E-state index in [9.17, 15) is 9.59 Å². The summed E-state index contributed by atoms with van der Waals surface area (Å²) < 4.78 is 0. The molecule has 2 aliphatic heterocycles. The molecule has 2 heterocycles. The van der Waals surface area contributed by atoms with Crippen molar-refractivity contribution in [3.8, 4) is 0 Å². The predicted octanol–water partition coefficient (Wildman–Crippen LogP) is 4.65. The molecule has 2 amide bonds. The second-order valence-electron chi connectivity index (χ2n) is 7.61. The maximum absolute atomic E-state index is 13.6. The highest BCUT2D eigenvalue weighted by molar-refractivity contribution is 6.46. The number of benzene rings is 2. The summed E-state index contributed by atoms with van der Waals surface area (Å²) in [6.45, 7) is 7.49. The van der Waals surface area contributed by atoms with Crippen molar-refractivity contribution in [2.75, 3.05) is 18.0 Å². The first kappa shape index (κ1) is 18.8. The first-order valence-corrected chi connectivity index (χ1v) is 9.98. The molecule has 2 aromatic carbocycles. The maximum atomic E-state index is 13.6. The van der Waals surface area contributed by atoms with Crippen molar-refractivity contribution in [2.24, 2.45) is 0 Å². The van der Waals surface area contributed by atoms with Crippen molar-refractivity contribution in [3.63, 3.8) is 0 Å². The van der Waals surface area contributed by atoms with Crippen LogP contribution in [0.1, 0.15) is 35.1 Å². The molecule has 2 aliphatic rings. The molecule has 0 spiro atoms. The molecule has 0 N–H and O–H groups in total. The van der Waals surface area contributed by atoms with Crippen LogP contribution in [0.25, 0.3) is 5.57 Å². The molecule has 4 nitrogen and oxygen atoms in total. The van der Waals surface area contributed by atoms with E-state index in [0.29, 0.717) is 22.0 Å². The van der Waals surface area contributed by atoms with Crippen LogP contribution in [0.2, 0.25) is 5.02 Å². The molecule has 2 aromatic rings. The highest BCUT2D eigenvalue weighted by Gasteiger charge is 2.43. The summed E-state index contributed by atoms with van der Waals surface area (Å²) in [7, 11) is 0. The number of carbonyl (C=O) groups excluding carboxylic acids is 2. The third-order valence-corrected chi connectivity index (χ3v) is 5.78. The van der Waals surface area contributed by atoms with Gasteiger partial charge in [0.1, 0.15) is 5.70 Å². The Morgan fingerprint density at radius 2 is 1.57 bits per heavy atom. The van der Waals surface area contributed by atoms with Gasteiger partial charge in [0, 0.05) is 18.1 Å². The molecule has 0 aliphatic carbocycles. The summed E-state index contributed by atoms with van der Waals surface area (Å²) in [5, 5.41) is 0.504. The van der Waals surface area contributed by atoms with Gasteiger partial charge in [-0.1, -0.05) is 41.4 Å². The number of carbonyl (C=O) groups is 2. The highest BCUT2D eigenvalue weighted by atomic mass is 35.5. The summed E-state index contributed by atoms with van der Waals surface area (Å²) in [6, 6.07) is 11.3. The van der Waals surface area contributed by atoms with E-state index in [-0.39, 0.29) is 11.8 Å². The lowest BCUT2D eigenvalue weighted by atomic mass is 9.97. The Labute approximate surface area is 170 Å². The zero-order valence-electron chi connectivity index (χ0n) is 16.4. The lowest BCUT2D eigenvalue weighted by molar-refractivity contribution is -0.120. The van der Waals surface area contributed by atoms with Crippen LogP contribution in [0.15, 0.2) is 42.1 Å². The second-order valence-corrected chi connectivity index (χ2v) is 8.05. The van der Waals surface area contributed by atoms with Crippen LogP contribution in [0, 0.1) is 20.8 Å². The van der Waals surface area contributed by atoms with Crippen molar-refractivity contribution in [1.29, 1.82) is 0 Å². The first-order valence-electron chi connectivity index (χ1n) is 9.60. The quantitative estimate of drug-likeness (QED) is 0.712.